The van der Waals surface area contributed by atoms with E-state index >= 15 is 0 Å². The van der Waals surface area contributed by atoms with Crippen molar-refractivity contribution < 1.29 is 0 Å². The zero-order valence-corrected chi connectivity index (χ0v) is 15.9. The number of benzene rings is 2. The number of nitrogens with one attached hydrogen (secondary N) is 1. The summed E-state index contributed by atoms with van der Waals surface area (Å²) in [6.07, 6.45) is 0.773. The zero-order chi connectivity index (χ0) is 15.2. The Morgan fingerprint density at radius 1 is 1.14 bits per heavy atom. The van der Waals surface area contributed by atoms with Gasteiger partial charge in [0.1, 0.15) is 0 Å². The number of hydrogen-bond acceptors (Lipinski definition) is 1. The third-order valence-electron chi connectivity index (χ3n) is 3.40. The molecule has 118 valence electrons. The topological polar surface area (TPSA) is 50.4 Å². The number of aliphatic imine (C=N–C) groups is 1. The van der Waals surface area contributed by atoms with E-state index < -0.39 is 0 Å². The number of rotatable bonds is 4. The van der Waals surface area contributed by atoms with Crippen LogP contribution in [0.2, 0.25) is 5.02 Å². The molecular weight excluding hydrogens is 409 g/mol. The second kappa shape index (κ2) is 9.00. The van der Waals surface area contributed by atoms with Crippen molar-refractivity contribution in [3.05, 3.63) is 64.2 Å². The van der Waals surface area contributed by atoms with E-state index in [-0.39, 0.29) is 24.0 Å². The first-order valence-electron chi connectivity index (χ1n) is 6.94. The summed E-state index contributed by atoms with van der Waals surface area (Å²) in [4.78, 5) is 4.33. The van der Waals surface area contributed by atoms with E-state index in [1.807, 2.05) is 30.3 Å². The van der Waals surface area contributed by atoms with Gasteiger partial charge in [-0.25, -0.2) is 0 Å². The summed E-state index contributed by atoms with van der Waals surface area (Å²) >= 11 is 6.11. The molecule has 2 rings (SSSR count). The molecular formula is C17H21ClIN3. The van der Waals surface area contributed by atoms with Gasteiger partial charge in [-0.3, -0.25) is 4.99 Å². The Balaban J connectivity index is 0.00000242. The maximum Gasteiger partial charge on any atom is 0.193 e. The molecule has 0 saturated heterocycles. The highest BCUT2D eigenvalue weighted by molar-refractivity contribution is 14.0. The minimum Gasteiger partial charge on any atom is -0.370 e. The van der Waals surface area contributed by atoms with E-state index in [0.29, 0.717) is 12.5 Å². The van der Waals surface area contributed by atoms with Gasteiger partial charge in [0.25, 0.3) is 0 Å². The van der Waals surface area contributed by atoms with E-state index in [2.05, 4.69) is 36.3 Å². The largest absolute Gasteiger partial charge is 0.370 e. The lowest BCUT2D eigenvalue weighted by molar-refractivity contribution is 0.965. The van der Waals surface area contributed by atoms with Gasteiger partial charge in [-0.2, -0.15) is 0 Å². The molecule has 0 saturated carbocycles. The fourth-order valence-electron chi connectivity index (χ4n) is 2.00. The third-order valence-corrected chi connectivity index (χ3v) is 3.77. The molecule has 0 amide bonds. The lowest BCUT2D eigenvalue weighted by Gasteiger charge is -2.08. The molecule has 3 N–H and O–H groups in total. The second-order valence-electron chi connectivity index (χ2n) is 5.03. The van der Waals surface area contributed by atoms with Gasteiger partial charge in [0.15, 0.2) is 5.96 Å². The standard InChI is InChI=1S/C17H20ClN3.HI/c1-12-7-8-15(11-13(12)2)21-17(19)20-10-9-14-5-3-4-6-16(14)18;/h3-8,11H,9-10H2,1-2H3,(H3,19,20,21);1H. The number of guanidine groups is 1. The molecule has 0 radical (unpaired) electrons. The number of anilines is 1. The lowest BCUT2D eigenvalue weighted by atomic mass is 10.1. The van der Waals surface area contributed by atoms with Crippen LogP contribution in [0, 0.1) is 13.8 Å². The molecule has 22 heavy (non-hydrogen) atoms. The third kappa shape index (κ3) is 5.50. The smallest absolute Gasteiger partial charge is 0.193 e. The van der Waals surface area contributed by atoms with E-state index in [1.54, 1.807) is 0 Å². The first kappa shape index (κ1) is 18.8. The fourth-order valence-corrected chi connectivity index (χ4v) is 2.23. The number of nitrogens with two attached hydrogens (primary N) is 1. The van der Waals surface area contributed by atoms with Gasteiger partial charge >= 0.3 is 0 Å². The summed E-state index contributed by atoms with van der Waals surface area (Å²) in [5.74, 6) is 0.422. The van der Waals surface area contributed by atoms with Gasteiger partial charge in [-0.15, -0.1) is 24.0 Å². The first-order valence-corrected chi connectivity index (χ1v) is 7.31. The normalized spacial score (nSPS) is 11.0. The molecule has 0 fully saturated rings. The van der Waals surface area contributed by atoms with Crippen molar-refractivity contribution in [1.29, 1.82) is 0 Å². The predicted molar refractivity (Wildman–Crippen MR) is 107 cm³/mol. The molecule has 0 aliphatic carbocycles. The molecule has 0 aliphatic heterocycles. The van der Waals surface area contributed by atoms with Crippen molar-refractivity contribution in [2.75, 3.05) is 11.9 Å². The lowest BCUT2D eigenvalue weighted by Crippen LogP contribution is -2.23. The Morgan fingerprint density at radius 3 is 2.55 bits per heavy atom. The number of hydrogen-bond donors (Lipinski definition) is 2. The Bertz CT molecular complexity index is 656. The molecule has 0 aliphatic rings. The average Bonchev–Trinajstić information content (AvgIpc) is 2.45. The summed E-state index contributed by atoms with van der Waals surface area (Å²) < 4.78 is 0. The highest BCUT2D eigenvalue weighted by atomic mass is 127. The van der Waals surface area contributed by atoms with Crippen molar-refractivity contribution >= 4 is 47.2 Å². The molecule has 0 heterocycles. The molecule has 0 atom stereocenters. The Kier molecular flexibility index (Phi) is 7.68. The molecule has 0 bridgehead atoms. The number of halogens is 2. The SMILES string of the molecule is Cc1ccc(NC(N)=NCCc2ccccc2Cl)cc1C.I. The Labute approximate surface area is 154 Å². The van der Waals surface area contributed by atoms with Crippen LogP contribution in [0.3, 0.4) is 0 Å². The minimum absolute atomic E-state index is 0. The van der Waals surface area contributed by atoms with Crippen LogP contribution < -0.4 is 11.1 Å². The molecule has 2 aromatic carbocycles. The van der Waals surface area contributed by atoms with Gasteiger partial charge in [0.2, 0.25) is 0 Å². The van der Waals surface area contributed by atoms with Gasteiger partial charge < -0.3 is 11.1 Å². The molecule has 0 spiro atoms. The van der Waals surface area contributed by atoms with Crippen LogP contribution >= 0.6 is 35.6 Å². The van der Waals surface area contributed by atoms with Crippen molar-refractivity contribution in [2.45, 2.75) is 20.3 Å². The quantitative estimate of drug-likeness (QED) is 0.426. The highest BCUT2D eigenvalue weighted by Gasteiger charge is 2.00. The Morgan fingerprint density at radius 2 is 1.86 bits per heavy atom. The second-order valence-corrected chi connectivity index (χ2v) is 5.44. The molecule has 0 unspecified atom stereocenters. The zero-order valence-electron chi connectivity index (χ0n) is 12.8. The predicted octanol–water partition coefficient (Wildman–Crippen LogP) is 4.54. The molecule has 5 heteroatoms. The number of aryl methyl sites for hydroxylation is 2. The van der Waals surface area contributed by atoms with Crippen molar-refractivity contribution in [3.8, 4) is 0 Å². The Hall–Kier alpha value is -1.27. The molecule has 0 aromatic heterocycles. The van der Waals surface area contributed by atoms with Crippen LogP contribution in [0.1, 0.15) is 16.7 Å². The average molecular weight is 430 g/mol. The van der Waals surface area contributed by atoms with Gasteiger partial charge in [0, 0.05) is 17.3 Å². The molecule has 2 aromatic rings. The van der Waals surface area contributed by atoms with E-state index in [9.17, 15) is 0 Å². The van der Waals surface area contributed by atoms with Crippen molar-refractivity contribution in [3.63, 3.8) is 0 Å². The van der Waals surface area contributed by atoms with E-state index in [4.69, 9.17) is 17.3 Å². The van der Waals surface area contributed by atoms with Crippen LogP contribution in [-0.4, -0.2) is 12.5 Å². The van der Waals surface area contributed by atoms with E-state index in [0.717, 1.165) is 22.7 Å². The summed E-state index contributed by atoms with van der Waals surface area (Å²) in [6, 6.07) is 13.9. The summed E-state index contributed by atoms with van der Waals surface area (Å²) in [5.41, 5.74) is 10.4. The van der Waals surface area contributed by atoms with Crippen molar-refractivity contribution in [2.24, 2.45) is 10.7 Å². The van der Waals surface area contributed by atoms with Crippen LogP contribution in [0.15, 0.2) is 47.5 Å². The van der Waals surface area contributed by atoms with Crippen LogP contribution in [0.25, 0.3) is 0 Å². The maximum absolute atomic E-state index is 6.11. The maximum atomic E-state index is 6.11. The minimum atomic E-state index is 0. The van der Waals surface area contributed by atoms with Gasteiger partial charge in [0.05, 0.1) is 0 Å². The fraction of sp³-hybridized carbons (Fsp3) is 0.235. The van der Waals surface area contributed by atoms with E-state index in [1.165, 1.54) is 11.1 Å². The summed E-state index contributed by atoms with van der Waals surface area (Å²) in [5, 5.41) is 3.88. The summed E-state index contributed by atoms with van der Waals surface area (Å²) in [7, 11) is 0. The van der Waals surface area contributed by atoms with Crippen LogP contribution in [0.4, 0.5) is 5.69 Å². The van der Waals surface area contributed by atoms with Crippen LogP contribution in [-0.2, 0) is 6.42 Å². The first-order chi connectivity index (χ1) is 10.1. The number of nitrogens with zero attached hydrogens (tertiary/aromatic N) is 1. The van der Waals surface area contributed by atoms with Crippen molar-refractivity contribution in [1.82, 2.24) is 0 Å². The summed E-state index contributed by atoms with van der Waals surface area (Å²) in [6.45, 7) is 4.76. The van der Waals surface area contributed by atoms with Crippen LogP contribution in [0.5, 0.6) is 0 Å². The molecule has 3 nitrogen and oxygen atoms in total. The highest BCUT2D eigenvalue weighted by Crippen LogP contribution is 2.16. The monoisotopic (exact) mass is 429 g/mol. The van der Waals surface area contributed by atoms with Gasteiger partial charge in [-0.1, -0.05) is 35.9 Å². The van der Waals surface area contributed by atoms with Gasteiger partial charge in [-0.05, 0) is 55.2 Å².